The SMILES string of the molecule is CC1CC(=O)OC(=O)C1.COC(=O)C[C@@H](C)CC(=O)O.COC(=O)C[C@H](C)CC(=O)O. The zero-order valence-electron chi connectivity index (χ0n) is 18.5. The summed E-state index contributed by atoms with van der Waals surface area (Å²) in [7, 11) is 2.58. The number of hydrogen-bond donors (Lipinski definition) is 2. The summed E-state index contributed by atoms with van der Waals surface area (Å²) in [5, 5.41) is 16.6. The molecule has 1 saturated heterocycles. The van der Waals surface area contributed by atoms with E-state index in [0.29, 0.717) is 12.8 Å². The van der Waals surface area contributed by atoms with Crippen LogP contribution in [0.1, 0.15) is 59.3 Å². The van der Waals surface area contributed by atoms with E-state index in [2.05, 4.69) is 14.2 Å². The van der Waals surface area contributed by atoms with Gasteiger partial charge in [-0.15, -0.1) is 0 Å². The molecule has 0 amide bonds. The molecule has 2 atom stereocenters. The molecule has 0 spiro atoms. The number of carboxylic acid groups (broad SMARTS) is 2. The number of rotatable bonds is 8. The number of methoxy groups -OCH3 is 2. The first-order valence-corrected chi connectivity index (χ1v) is 9.61. The summed E-state index contributed by atoms with van der Waals surface area (Å²) in [6, 6.07) is 0. The molecular formula is C20H32O11. The highest BCUT2D eigenvalue weighted by atomic mass is 16.6. The number of carboxylic acids is 2. The minimum absolute atomic E-state index is 0.00903. The van der Waals surface area contributed by atoms with Crippen LogP contribution in [0.4, 0.5) is 0 Å². The maximum atomic E-state index is 10.6. The maximum Gasteiger partial charge on any atom is 0.313 e. The van der Waals surface area contributed by atoms with E-state index in [4.69, 9.17) is 10.2 Å². The van der Waals surface area contributed by atoms with E-state index in [1.807, 2.05) is 6.92 Å². The Kier molecular flexibility index (Phi) is 16.4. The van der Waals surface area contributed by atoms with Crippen molar-refractivity contribution in [3.63, 3.8) is 0 Å². The second kappa shape index (κ2) is 16.8. The van der Waals surface area contributed by atoms with Gasteiger partial charge in [-0.2, -0.15) is 0 Å². The van der Waals surface area contributed by atoms with Crippen molar-refractivity contribution >= 4 is 35.8 Å². The molecule has 0 aromatic carbocycles. The third-order valence-electron chi connectivity index (χ3n) is 3.79. The average molecular weight is 448 g/mol. The summed E-state index contributed by atoms with van der Waals surface area (Å²) in [6.45, 7) is 5.26. The predicted molar refractivity (Wildman–Crippen MR) is 106 cm³/mol. The van der Waals surface area contributed by atoms with Gasteiger partial charge in [0.15, 0.2) is 0 Å². The molecule has 0 aliphatic carbocycles. The van der Waals surface area contributed by atoms with Gasteiger partial charge in [0.2, 0.25) is 0 Å². The molecule has 1 aliphatic rings. The first-order chi connectivity index (χ1) is 14.3. The van der Waals surface area contributed by atoms with E-state index in [0.717, 1.165) is 0 Å². The van der Waals surface area contributed by atoms with E-state index < -0.39 is 23.9 Å². The minimum Gasteiger partial charge on any atom is -0.481 e. The zero-order valence-corrected chi connectivity index (χ0v) is 18.5. The van der Waals surface area contributed by atoms with Gasteiger partial charge in [-0.1, -0.05) is 20.8 Å². The highest BCUT2D eigenvalue weighted by Gasteiger charge is 2.23. The van der Waals surface area contributed by atoms with Gasteiger partial charge in [-0.25, -0.2) is 0 Å². The van der Waals surface area contributed by atoms with Crippen molar-refractivity contribution in [2.24, 2.45) is 17.8 Å². The summed E-state index contributed by atoms with van der Waals surface area (Å²) in [4.78, 5) is 62.3. The smallest absolute Gasteiger partial charge is 0.313 e. The maximum absolute atomic E-state index is 10.6. The number of aliphatic carboxylic acids is 2. The fraction of sp³-hybridized carbons (Fsp3) is 0.700. The molecule has 1 aliphatic heterocycles. The van der Waals surface area contributed by atoms with Gasteiger partial charge in [-0.3, -0.25) is 28.8 Å². The van der Waals surface area contributed by atoms with Crippen LogP contribution in [0.2, 0.25) is 0 Å². The van der Waals surface area contributed by atoms with Crippen LogP contribution >= 0.6 is 0 Å². The van der Waals surface area contributed by atoms with Crippen molar-refractivity contribution in [1.82, 2.24) is 0 Å². The second-order valence-corrected chi connectivity index (χ2v) is 7.33. The largest absolute Gasteiger partial charge is 0.481 e. The number of ether oxygens (including phenoxy) is 3. The molecule has 1 rings (SSSR count). The molecule has 178 valence electrons. The summed E-state index contributed by atoms with van der Waals surface area (Å²) in [6.07, 6.45) is 1.12. The van der Waals surface area contributed by atoms with Gasteiger partial charge in [0.1, 0.15) is 0 Å². The van der Waals surface area contributed by atoms with E-state index in [9.17, 15) is 28.8 Å². The van der Waals surface area contributed by atoms with E-state index in [1.165, 1.54) is 14.2 Å². The number of carbonyl (C=O) groups excluding carboxylic acids is 4. The van der Waals surface area contributed by atoms with Crippen LogP contribution in [-0.2, 0) is 43.0 Å². The Labute approximate surface area is 181 Å². The lowest BCUT2D eigenvalue weighted by molar-refractivity contribution is -0.165. The standard InChI is InChI=1S/2C7H12O4.C6H8O3/c2*1-5(3-6(8)9)4-7(10)11-2;1-4-2-5(7)9-6(8)3-4/h2*5H,3-4H2,1-2H3,(H,8,9);4H,2-3H2,1H3/t2*5-;/m10./s1. The van der Waals surface area contributed by atoms with Crippen LogP contribution in [0.15, 0.2) is 0 Å². The second-order valence-electron chi connectivity index (χ2n) is 7.33. The molecule has 31 heavy (non-hydrogen) atoms. The van der Waals surface area contributed by atoms with Crippen molar-refractivity contribution in [2.75, 3.05) is 14.2 Å². The van der Waals surface area contributed by atoms with Crippen LogP contribution in [0.25, 0.3) is 0 Å². The fourth-order valence-corrected chi connectivity index (χ4v) is 2.33. The fourth-order valence-electron chi connectivity index (χ4n) is 2.33. The van der Waals surface area contributed by atoms with Crippen molar-refractivity contribution in [2.45, 2.75) is 59.3 Å². The summed E-state index contributed by atoms with van der Waals surface area (Å²) in [5.41, 5.74) is 0. The van der Waals surface area contributed by atoms with Gasteiger partial charge in [0, 0.05) is 38.5 Å². The molecule has 11 nitrogen and oxygen atoms in total. The van der Waals surface area contributed by atoms with Crippen molar-refractivity contribution < 1.29 is 53.2 Å². The molecule has 1 heterocycles. The molecule has 0 radical (unpaired) electrons. The third-order valence-corrected chi connectivity index (χ3v) is 3.79. The lowest BCUT2D eigenvalue weighted by Gasteiger charge is -2.14. The van der Waals surface area contributed by atoms with E-state index >= 15 is 0 Å². The summed E-state index contributed by atoms with van der Waals surface area (Å²) >= 11 is 0. The average Bonchev–Trinajstić information content (AvgIpc) is 2.59. The van der Waals surface area contributed by atoms with Gasteiger partial charge in [0.25, 0.3) is 0 Å². The van der Waals surface area contributed by atoms with E-state index in [1.54, 1.807) is 13.8 Å². The topological polar surface area (TPSA) is 171 Å². The van der Waals surface area contributed by atoms with Gasteiger partial charge in [0.05, 0.1) is 14.2 Å². The number of cyclic esters (lactones) is 2. The molecule has 2 N–H and O–H groups in total. The van der Waals surface area contributed by atoms with Crippen LogP contribution in [0.5, 0.6) is 0 Å². The highest BCUT2D eigenvalue weighted by Crippen LogP contribution is 2.15. The van der Waals surface area contributed by atoms with Crippen LogP contribution in [0.3, 0.4) is 0 Å². The first-order valence-electron chi connectivity index (χ1n) is 9.61. The Bertz CT molecular complexity index is 575. The number of carbonyl (C=O) groups is 6. The van der Waals surface area contributed by atoms with Crippen molar-refractivity contribution in [1.29, 1.82) is 0 Å². The lowest BCUT2D eigenvalue weighted by Crippen LogP contribution is -2.23. The Morgan fingerprint density at radius 2 is 1.16 bits per heavy atom. The molecule has 11 heteroatoms. The van der Waals surface area contributed by atoms with Crippen LogP contribution in [0, 0.1) is 17.8 Å². The Morgan fingerprint density at radius 3 is 1.39 bits per heavy atom. The number of esters is 4. The first kappa shape index (κ1) is 30.2. The molecule has 0 saturated carbocycles. The monoisotopic (exact) mass is 448 g/mol. The minimum atomic E-state index is -0.888. The number of hydrogen-bond acceptors (Lipinski definition) is 9. The van der Waals surface area contributed by atoms with Crippen LogP contribution < -0.4 is 0 Å². The molecule has 0 aromatic rings. The van der Waals surface area contributed by atoms with Gasteiger partial charge >= 0.3 is 35.8 Å². The lowest BCUT2D eigenvalue weighted by atomic mass is 10.0. The van der Waals surface area contributed by atoms with Gasteiger partial charge in [-0.05, 0) is 17.8 Å². The Balaban J connectivity index is 0. The molecular weight excluding hydrogens is 416 g/mol. The summed E-state index contributed by atoms with van der Waals surface area (Å²) < 4.78 is 13.0. The van der Waals surface area contributed by atoms with Crippen LogP contribution in [-0.4, -0.2) is 60.2 Å². The molecule has 0 aromatic heterocycles. The van der Waals surface area contributed by atoms with Gasteiger partial charge < -0.3 is 24.4 Å². The van der Waals surface area contributed by atoms with E-state index in [-0.39, 0.29) is 55.4 Å². The summed E-state index contributed by atoms with van der Waals surface area (Å²) in [5.74, 6) is -3.42. The molecule has 0 unspecified atom stereocenters. The quantitative estimate of drug-likeness (QED) is 0.315. The predicted octanol–water partition coefficient (Wildman–Crippen LogP) is 1.81. The third kappa shape index (κ3) is 20.1. The molecule has 1 fully saturated rings. The Morgan fingerprint density at radius 1 is 0.839 bits per heavy atom. The van der Waals surface area contributed by atoms with Crippen molar-refractivity contribution in [3.05, 3.63) is 0 Å². The molecule has 0 bridgehead atoms. The van der Waals surface area contributed by atoms with Crippen molar-refractivity contribution in [3.8, 4) is 0 Å². The zero-order chi connectivity index (χ0) is 24.6. The Hall–Kier alpha value is -2.98. The normalized spacial score (nSPS) is 15.0. The highest BCUT2D eigenvalue weighted by molar-refractivity contribution is 5.88.